The predicted octanol–water partition coefficient (Wildman–Crippen LogP) is 5.52. The van der Waals surface area contributed by atoms with Gasteiger partial charge in [-0.3, -0.25) is 9.59 Å². The van der Waals surface area contributed by atoms with E-state index in [4.69, 9.17) is 4.74 Å². The summed E-state index contributed by atoms with van der Waals surface area (Å²) >= 11 is 0. The van der Waals surface area contributed by atoms with Crippen LogP contribution in [-0.4, -0.2) is 47.5 Å². The van der Waals surface area contributed by atoms with Crippen molar-refractivity contribution in [2.75, 3.05) is 13.1 Å². The van der Waals surface area contributed by atoms with Gasteiger partial charge in [0.1, 0.15) is 17.7 Å². The van der Waals surface area contributed by atoms with Crippen molar-refractivity contribution in [1.82, 2.24) is 15.5 Å². The molecule has 1 aromatic rings. The van der Waals surface area contributed by atoms with Gasteiger partial charge in [-0.05, 0) is 52.0 Å². The van der Waals surface area contributed by atoms with E-state index in [1.165, 1.54) is 0 Å². The summed E-state index contributed by atoms with van der Waals surface area (Å²) in [6, 6.07) is 6.12. The molecule has 0 aromatic heterocycles. The van der Waals surface area contributed by atoms with Gasteiger partial charge in [0.25, 0.3) is 0 Å². The molecule has 2 N–H and O–H groups in total. The number of aryl methyl sites for hydroxylation is 1. The molecule has 0 saturated heterocycles. The van der Waals surface area contributed by atoms with Gasteiger partial charge in [0.15, 0.2) is 0 Å². The molecule has 35 heavy (non-hydrogen) atoms. The second-order valence-electron chi connectivity index (χ2n) is 10.6. The third kappa shape index (κ3) is 10.7. The molecule has 0 aliphatic carbocycles. The van der Waals surface area contributed by atoms with E-state index in [2.05, 4.69) is 17.6 Å². The first-order valence-corrected chi connectivity index (χ1v) is 13.1. The minimum Gasteiger partial charge on any atom is -0.444 e. The van der Waals surface area contributed by atoms with E-state index in [0.717, 1.165) is 43.2 Å². The Morgan fingerprint density at radius 2 is 1.57 bits per heavy atom. The first-order chi connectivity index (χ1) is 16.4. The zero-order valence-corrected chi connectivity index (χ0v) is 23.1. The van der Waals surface area contributed by atoms with Crippen molar-refractivity contribution in [3.05, 3.63) is 35.4 Å². The molecule has 0 aliphatic heterocycles. The molecule has 0 bridgehead atoms. The highest BCUT2D eigenvalue weighted by Crippen LogP contribution is 2.25. The predicted molar refractivity (Wildman–Crippen MR) is 141 cm³/mol. The number of nitrogens with one attached hydrogen (secondary N) is 2. The molecular weight excluding hydrogens is 442 g/mol. The van der Waals surface area contributed by atoms with E-state index in [1.54, 1.807) is 25.7 Å². The molecule has 7 nitrogen and oxygen atoms in total. The van der Waals surface area contributed by atoms with Crippen molar-refractivity contribution in [3.63, 3.8) is 0 Å². The average molecular weight is 490 g/mol. The number of alkyl carbamates (subject to hydrolysis) is 1. The minimum absolute atomic E-state index is 0.189. The lowest BCUT2D eigenvalue weighted by Crippen LogP contribution is -2.55. The number of benzene rings is 1. The van der Waals surface area contributed by atoms with Crippen molar-refractivity contribution in [2.45, 2.75) is 105 Å². The van der Waals surface area contributed by atoms with Gasteiger partial charge in [0.2, 0.25) is 11.8 Å². The van der Waals surface area contributed by atoms with Crippen LogP contribution in [0.4, 0.5) is 4.79 Å². The largest absolute Gasteiger partial charge is 0.444 e. The van der Waals surface area contributed by atoms with Gasteiger partial charge in [0, 0.05) is 13.1 Å². The van der Waals surface area contributed by atoms with Crippen molar-refractivity contribution in [3.8, 4) is 0 Å². The number of nitrogens with zero attached hydrogens (tertiary/aromatic N) is 1. The van der Waals surface area contributed by atoms with Gasteiger partial charge in [-0.1, -0.05) is 76.8 Å². The summed E-state index contributed by atoms with van der Waals surface area (Å²) < 4.78 is 5.41. The molecule has 1 rings (SSSR count). The van der Waals surface area contributed by atoms with E-state index in [-0.39, 0.29) is 17.7 Å². The SMILES string of the molecule is CCCCCNC(=O)C(c1ccc(C)cc1)N(CCCC)C(=O)C(NC(=O)OC(C)(C)C)C(C)C. The Labute approximate surface area is 212 Å². The van der Waals surface area contributed by atoms with E-state index < -0.39 is 23.8 Å². The van der Waals surface area contributed by atoms with Crippen LogP contribution in [-0.2, 0) is 14.3 Å². The zero-order chi connectivity index (χ0) is 26.6. The molecular formula is C28H47N3O4. The van der Waals surface area contributed by atoms with Crippen LogP contribution in [0.25, 0.3) is 0 Å². The van der Waals surface area contributed by atoms with E-state index in [0.29, 0.717) is 13.1 Å². The second kappa shape index (κ2) is 14.7. The number of hydrogen-bond acceptors (Lipinski definition) is 4. The molecule has 0 heterocycles. The number of unbranched alkanes of at least 4 members (excludes halogenated alkanes) is 3. The summed E-state index contributed by atoms with van der Waals surface area (Å²) in [7, 11) is 0. The molecule has 2 unspecified atom stereocenters. The van der Waals surface area contributed by atoms with Gasteiger partial charge in [-0.2, -0.15) is 0 Å². The lowest BCUT2D eigenvalue weighted by Gasteiger charge is -2.35. The topological polar surface area (TPSA) is 87.7 Å². The van der Waals surface area contributed by atoms with E-state index in [1.807, 2.05) is 52.0 Å². The van der Waals surface area contributed by atoms with Crippen molar-refractivity contribution in [2.24, 2.45) is 5.92 Å². The Balaban J connectivity index is 3.34. The maximum Gasteiger partial charge on any atom is 0.408 e. The number of rotatable bonds is 13. The zero-order valence-electron chi connectivity index (χ0n) is 23.1. The molecule has 0 fully saturated rings. The minimum atomic E-state index is -0.817. The maximum atomic E-state index is 13.9. The fourth-order valence-electron chi connectivity index (χ4n) is 3.73. The molecule has 2 atom stereocenters. The molecule has 198 valence electrons. The molecule has 0 aliphatic rings. The van der Waals surface area contributed by atoms with Crippen LogP contribution in [0.1, 0.15) is 97.7 Å². The third-order valence-electron chi connectivity index (χ3n) is 5.67. The Morgan fingerprint density at radius 1 is 0.971 bits per heavy atom. The summed E-state index contributed by atoms with van der Waals surface area (Å²) in [4.78, 5) is 41.6. The quantitative estimate of drug-likeness (QED) is 0.357. The lowest BCUT2D eigenvalue weighted by molar-refractivity contribution is -0.143. The van der Waals surface area contributed by atoms with Crippen molar-refractivity contribution < 1.29 is 19.1 Å². The summed E-state index contributed by atoms with van der Waals surface area (Å²) in [6.07, 6.45) is 3.95. The Kier molecular flexibility index (Phi) is 12.8. The van der Waals surface area contributed by atoms with Crippen LogP contribution >= 0.6 is 0 Å². The van der Waals surface area contributed by atoms with Gasteiger partial charge in [-0.15, -0.1) is 0 Å². The van der Waals surface area contributed by atoms with Crippen molar-refractivity contribution in [1.29, 1.82) is 0 Å². The highest BCUT2D eigenvalue weighted by atomic mass is 16.6. The number of carbonyl (C=O) groups excluding carboxylic acids is 3. The Bertz CT molecular complexity index is 799. The van der Waals surface area contributed by atoms with Gasteiger partial charge in [0.05, 0.1) is 0 Å². The summed E-state index contributed by atoms with van der Waals surface area (Å²) in [5, 5.41) is 5.80. The van der Waals surface area contributed by atoms with Gasteiger partial charge < -0.3 is 20.3 Å². The molecule has 0 radical (unpaired) electrons. The van der Waals surface area contributed by atoms with Crippen LogP contribution in [0.15, 0.2) is 24.3 Å². The summed E-state index contributed by atoms with van der Waals surface area (Å²) in [5.74, 6) is -0.673. The fourth-order valence-corrected chi connectivity index (χ4v) is 3.73. The molecule has 3 amide bonds. The highest BCUT2D eigenvalue weighted by Gasteiger charge is 2.37. The Hall–Kier alpha value is -2.57. The average Bonchev–Trinajstić information content (AvgIpc) is 2.77. The van der Waals surface area contributed by atoms with E-state index >= 15 is 0 Å². The molecule has 0 spiro atoms. The monoisotopic (exact) mass is 489 g/mol. The fraction of sp³-hybridized carbons (Fsp3) is 0.679. The molecule has 7 heteroatoms. The number of amides is 3. The second-order valence-corrected chi connectivity index (χ2v) is 10.6. The lowest BCUT2D eigenvalue weighted by atomic mass is 9.98. The van der Waals surface area contributed by atoms with Gasteiger partial charge >= 0.3 is 6.09 Å². The number of ether oxygens (including phenoxy) is 1. The van der Waals surface area contributed by atoms with E-state index in [9.17, 15) is 14.4 Å². The standard InChI is InChI=1S/C28H47N3O4/c1-9-11-13-18-29-25(32)24(22-16-14-21(5)15-17-22)31(19-12-10-2)26(33)23(20(3)4)30-27(34)35-28(6,7)8/h14-17,20,23-24H,9-13,18-19H2,1-8H3,(H,29,32)(H,30,34). The number of hydrogen-bond donors (Lipinski definition) is 2. The van der Waals surface area contributed by atoms with Gasteiger partial charge in [-0.25, -0.2) is 4.79 Å². The van der Waals surface area contributed by atoms with Crippen LogP contribution in [0, 0.1) is 12.8 Å². The van der Waals surface area contributed by atoms with Crippen LogP contribution in [0.2, 0.25) is 0 Å². The van der Waals surface area contributed by atoms with Crippen LogP contribution < -0.4 is 10.6 Å². The van der Waals surface area contributed by atoms with Crippen LogP contribution in [0.5, 0.6) is 0 Å². The number of carbonyl (C=O) groups is 3. The summed E-state index contributed by atoms with van der Waals surface area (Å²) in [6.45, 7) is 16.2. The highest BCUT2D eigenvalue weighted by molar-refractivity contribution is 5.92. The summed E-state index contributed by atoms with van der Waals surface area (Å²) in [5.41, 5.74) is 1.15. The molecule has 1 aromatic carbocycles. The normalized spacial score (nSPS) is 13.2. The first-order valence-electron chi connectivity index (χ1n) is 13.1. The molecule has 0 saturated carbocycles. The smallest absolute Gasteiger partial charge is 0.408 e. The Morgan fingerprint density at radius 3 is 2.09 bits per heavy atom. The maximum absolute atomic E-state index is 13.9. The van der Waals surface area contributed by atoms with Crippen LogP contribution in [0.3, 0.4) is 0 Å². The first kappa shape index (κ1) is 30.5. The van der Waals surface area contributed by atoms with Crippen molar-refractivity contribution >= 4 is 17.9 Å². The third-order valence-corrected chi connectivity index (χ3v) is 5.67.